The number of nitrogens with zero attached hydrogens (tertiary/aromatic N) is 5. The molecule has 3 aliphatic rings. The van der Waals surface area contributed by atoms with Crippen LogP contribution in [0.5, 0.6) is 0 Å². The van der Waals surface area contributed by atoms with Gasteiger partial charge < -0.3 is 15.0 Å². The highest BCUT2D eigenvalue weighted by Gasteiger charge is 2.27. The molecular formula is C30H39FN6O2. The Hall–Kier alpha value is -3.04. The predicted octanol–water partition coefficient (Wildman–Crippen LogP) is 4.87. The lowest BCUT2D eigenvalue weighted by atomic mass is 9.89. The number of anilines is 1. The normalized spacial score (nSPS) is 24.5. The summed E-state index contributed by atoms with van der Waals surface area (Å²) in [5.41, 5.74) is 1.78. The van der Waals surface area contributed by atoms with Gasteiger partial charge in [-0.3, -0.25) is 9.13 Å². The third-order valence-electron chi connectivity index (χ3n) is 8.61. The van der Waals surface area contributed by atoms with E-state index in [9.17, 15) is 9.18 Å². The number of ether oxygens (including phenoxy) is 1. The Morgan fingerprint density at radius 2 is 1.77 bits per heavy atom. The van der Waals surface area contributed by atoms with E-state index in [-0.39, 0.29) is 17.4 Å². The molecule has 0 spiro atoms. The summed E-state index contributed by atoms with van der Waals surface area (Å²) in [5.74, 6) is 0.534. The van der Waals surface area contributed by atoms with E-state index in [1.807, 2.05) is 12.3 Å². The molecule has 208 valence electrons. The van der Waals surface area contributed by atoms with Crippen LogP contribution in [0.4, 0.5) is 10.3 Å². The number of nitrogens with one attached hydrogen (secondary N) is 1. The molecule has 1 aliphatic carbocycles. The zero-order chi connectivity index (χ0) is 26.6. The van der Waals surface area contributed by atoms with Gasteiger partial charge >= 0.3 is 5.69 Å². The van der Waals surface area contributed by atoms with E-state index in [1.54, 1.807) is 27.5 Å². The predicted molar refractivity (Wildman–Crippen MR) is 150 cm³/mol. The highest BCUT2D eigenvalue weighted by atomic mass is 19.1. The zero-order valence-corrected chi connectivity index (χ0v) is 22.6. The van der Waals surface area contributed by atoms with Crippen LogP contribution in [0.15, 0.2) is 47.5 Å². The monoisotopic (exact) mass is 534 g/mol. The van der Waals surface area contributed by atoms with Crippen LogP contribution in [0, 0.1) is 11.7 Å². The molecule has 0 amide bonds. The van der Waals surface area contributed by atoms with Crippen molar-refractivity contribution in [2.75, 3.05) is 31.6 Å². The Balaban J connectivity index is 1.22. The van der Waals surface area contributed by atoms with Gasteiger partial charge in [0.15, 0.2) is 0 Å². The number of halogens is 1. The smallest absolute Gasteiger partial charge is 0.333 e. The molecule has 1 atom stereocenters. The first-order valence-electron chi connectivity index (χ1n) is 14.6. The number of likely N-dealkylation sites (tertiary alicyclic amines) is 1. The Bertz CT molecular complexity index is 1290. The van der Waals surface area contributed by atoms with E-state index < -0.39 is 0 Å². The Morgan fingerprint density at radius 3 is 2.51 bits per heavy atom. The van der Waals surface area contributed by atoms with E-state index in [4.69, 9.17) is 9.72 Å². The number of aromatic nitrogens is 4. The van der Waals surface area contributed by atoms with Crippen molar-refractivity contribution in [3.8, 4) is 17.1 Å². The van der Waals surface area contributed by atoms with E-state index in [0.29, 0.717) is 48.3 Å². The summed E-state index contributed by atoms with van der Waals surface area (Å²) < 4.78 is 22.7. The Kier molecular flexibility index (Phi) is 8.06. The van der Waals surface area contributed by atoms with Gasteiger partial charge in [0.1, 0.15) is 5.82 Å². The lowest BCUT2D eigenvalue weighted by Gasteiger charge is -2.39. The second-order valence-electron chi connectivity index (χ2n) is 11.4. The van der Waals surface area contributed by atoms with Gasteiger partial charge in [0, 0.05) is 43.5 Å². The molecule has 2 aliphatic heterocycles. The van der Waals surface area contributed by atoms with Crippen molar-refractivity contribution in [1.29, 1.82) is 0 Å². The summed E-state index contributed by atoms with van der Waals surface area (Å²) in [6.07, 6.45) is 14.3. The maximum absolute atomic E-state index is 13.7. The molecule has 6 rings (SSSR count). The van der Waals surface area contributed by atoms with E-state index >= 15 is 0 Å². The summed E-state index contributed by atoms with van der Waals surface area (Å²) in [7, 11) is 0. The van der Waals surface area contributed by atoms with Crippen LogP contribution >= 0.6 is 0 Å². The van der Waals surface area contributed by atoms with Gasteiger partial charge in [-0.2, -0.15) is 0 Å². The third kappa shape index (κ3) is 6.09. The maximum atomic E-state index is 13.7. The minimum absolute atomic E-state index is 0.161. The average molecular weight is 535 g/mol. The number of imidazole rings is 1. The molecule has 1 aromatic carbocycles. The minimum Gasteiger partial charge on any atom is -0.381 e. The van der Waals surface area contributed by atoms with E-state index in [2.05, 4.69) is 15.2 Å². The maximum Gasteiger partial charge on any atom is 0.333 e. The van der Waals surface area contributed by atoms with Crippen molar-refractivity contribution in [3.05, 3.63) is 59.0 Å². The average Bonchev–Trinajstić information content (AvgIpc) is 3.30. The summed E-state index contributed by atoms with van der Waals surface area (Å²) >= 11 is 0. The molecule has 9 heteroatoms. The lowest BCUT2D eigenvalue weighted by molar-refractivity contribution is 0.0480. The molecule has 3 fully saturated rings. The van der Waals surface area contributed by atoms with Crippen LogP contribution in [-0.2, 0) is 11.3 Å². The van der Waals surface area contributed by atoms with Gasteiger partial charge in [0.25, 0.3) is 0 Å². The molecule has 8 nitrogen and oxygen atoms in total. The van der Waals surface area contributed by atoms with Crippen molar-refractivity contribution >= 4 is 5.95 Å². The number of piperidine rings is 1. The first-order chi connectivity index (χ1) is 19.1. The van der Waals surface area contributed by atoms with Crippen LogP contribution < -0.4 is 11.0 Å². The Morgan fingerprint density at radius 1 is 0.974 bits per heavy atom. The molecule has 1 saturated carbocycles. The summed E-state index contributed by atoms with van der Waals surface area (Å²) in [6, 6.07) is 8.91. The molecule has 0 radical (unpaired) electrons. The van der Waals surface area contributed by atoms with Crippen molar-refractivity contribution in [1.82, 2.24) is 24.0 Å². The minimum atomic E-state index is -0.337. The Labute approximate surface area is 229 Å². The summed E-state index contributed by atoms with van der Waals surface area (Å²) in [6.45, 7) is 4.51. The number of benzene rings is 1. The van der Waals surface area contributed by atoms with Crippen molar-refractivity contribution in [2.24, 2.45) is 5.92 Å². The van der Waals surface area contributed by atoms with E-state index in [1.165, 1.54) is 57.3 Å². The largest absolute Gasteiger partial charge is 0.381 e. The second kappa shape index (κ2) is 12.0. The fraction of sp³-hybridized carbons (Fsp3) is 0.567. The van der Waals surface area contributed by atoms with Crippen LogP contribution in [0.25, 0.3) is 17.1 Å². The fourth-order valence-corrected chi connectivity index (χ4v) is 6.50. The van der Waals surface area contributed by atoms with Crippen molar-refractivity contribution in [2.45, 2.75) is 76.4 Å². The quantitative estimate of drug-likeness (QED) is 0.466. The summed E-state index contributed by atoms with van der Waals surface area (Å²) in [4.78, 5) is 25.7. The second-order valence-corrected chi connectivity index (χ2v) is 11.4. The van der Waals surface area contributed by atoms with Gasteiger partial charge in [0.05, 0.1) is 23.7 Å². The van der Waals surface area contributed by atoms with Crippen LogP contribution in [0.1, 0.15) is 57.8 Å². The molecule has 0 bridgehead atoms. The van der Waals surface area contributed by atoms with Crippen LogP contribution in [0.2, 0.25) is 0 Å². The summed E-state index contributed by atoms with van der Waals surface area (Å²) in [5, 5.41) is 3.57. The first-order valence-corrected chi connectivity index (χ1v) is 14.6. The van der Waals surface area contributed by atoms with Gasteiger partial charge in [0.2, 0.25) is 5.95 Å². The third-order valence-corrected chi connectivity index (χ3v) is 8.61. The standard InChI is InChI=1S/C30H39FN6O2/c31-23-6-10-26(11-7-23)37-28(20-36(30(37)38)19-22-5-4-18-39-21-22)27-14-15-32-29(34-27)33-24-8-12-25(13-9-24)35-16-2-1-3-17-35/h6-7,10-11,14-15,20,22,24-25H,1-5,8-9,12-13,16-19,21H2,(H,32,33,34). The number of rotatable bonds is 7. The van der Waals surface area contributed by atoms with Gasteiger partial charge in [-0.05, 0) is 94.8 Å². The number of hydrogen-bond donors (Lipinski definition) is 1. The first kappa shape index (κ1) is 26.2. The zero-order valence-electron chi connectivity index (χ0n) is 22.6. The van der Waals surface area contributed by atoms with Crippen LogP contribution in [0.3, 0.4) is 0 Å². The van der Waals surface area contributed by atoms with Crippen LogP contribution in [-0.4, -0.2) is 62.4 Å². The molecule has 2 saturated heterocycles. The van der Waals surface area contributed by atoms with Gasteiger partial charge in [-0.1, -0.05) is 6.42 Å². The molecule has 2 aromatic heterocycles. The van der Waals surface area contributed by atoms with Crippen molar-refractivity contribution in [3.63, 3.8) is 0 Å². The van der Waals surface area contributed by atoms with E-state index in [0.717, 1.165) is 32.3 Å². The number of hydrogen-bond acceptors (Lipinski definition) is 6. The van der Waals surface area contributed by atoms with Crippen molar-refractivity contribution < 1.29 is 9.13 Å². The molecule has 3 aromatic rings. The topological polar surface area (TPSA) is 77.2 Å². The van der Waals surface area contributed by atoms with Gasteiger partial charge in [-0.25, -0.2) is 19.2 Å². The highest BCUT2D eigenvalue weighted by molar-refractivity contribution is 5.59. The molecule has 39 heavy (non-hydrogen) atoms. The molecule has 1 N–H and O–H groups in total. The fourth-order valence-electron chi connectivity index (χ4n) is 6.50. The lowest BCUT2D eigenvalue weighted by Crippen LogP contribution is -2.43. The van der Waals surface area contributed by atoms with Gasteiger partial charge in [-0.15, -0.1) is 0 Å². The molecular weight excluding hydrogens is 495 g/mol. The highest BCUT2D eigenvalue weighted by Crippen LogP contribution is 2.28. The SMILES string of the molecule is O=c1n(CC2CCCOC2)cc(-c2ccnc(NC3CCC(N4CCCCC4)CC3)n2)n1-c1ccc(F)cc1. The molecule has 1 unspecified atom stereocenters. The molecule has 4 heterocycles.